The first-order chi connectivity index (χ1) is 11.0. The van der Waals surface area contributed by atoms with E-state index in [1.165, 1.54) is 18.2 Å². The normalized spacial score (nSPS) is 16.9. The average molecular weight is 353 g/mol. The van der Waals surface area contributed by atoms with Gasteiger partial charge in [-0.25, -0.2) is 13.2 Å². The molecule has 1 aliphatic heterocycles. The topological polar surface area (TPSA) is 113 Å². The Hall–Kier alpha value is -2.42. The zero-order chi connectivity index (χ0) is 18.1. The maximum absolute atomic E-state index is 12.0. The number of nitrogens with zero attached hydrogens (tertiary/aromatic N) is 1. The second-order valence-corrected chi connectivity index (χ2v) is 8.13. The number of nitrogens with one attached hydrogen (secondary N) is 2. The van der Waals surface area contributed by atoms with Crippen molar-refractivity contribution < 1.29 is 22.8 Å². The van der Waals surface area contributed by atoms with E-state index >= 15 is 0 Å². The Bertz CT molecular complexity index is 801. The van der Waals surface area contributed by atoms with Gasteiger partial charge < -0.3 is 10.6 Å². The molecule has 4 amide bonds. The SMILES string of the molecule is CC1(C)NC(=O)N(CCC(=O)Nc2cccc(S(C)(=O)=O)c2)C1=O. The predicted molar refractivity (Wildman–Crippen MR) is 87.1 cm³/mol. The van der Waals surface area contributed by atoms with Crippen LogP contribution in [-0.2, 0) is 19.4 Å². The van der Waals surface area contributed by atoms with E-state index in [2.05, 4.69) is 10.6 Å². The zero-order valence-corrected chi connectivity index (χ0v) is 14.4. The third kappa shape index (κ3) is 3.91. The van der Waals surface area contributed by atoms with Gasteiger partial charge in [0.15, 0.2) is 9.84 Å². The summed E-state index contributed by atoms with van der Waals surface area (Å²) in [6, 6.07) is 5.33. The predicted octanol–water partition coefficient (Wildman–Crippen LogP) is 0.749. The Morgan fingerprint density at radius 3 is 2.50 bits per heavy atom. The molecule has 9 heteroatoms. The number of imide groups is 1. The van der Waals surface area contributed by atoms with Crippen LogP contribution in [0.1, 0.15) is 20.3 Å². The first-order valence-electron chi connectivity index (χ1n) is 7.25. The highest BCUT2D eigenvalue weighted by atomic mass is 32.2. The molecule has 2 N–H and O–H groups in total. The van der Waals surface area contributed by atoms with E-state index in [1.807, 2.05) is 0 Å². The molecule has 24 heavy (non-hydrogen) atoms. The highest BCUT2D eigenvalue weighted by Gasteiger charge is 2.43. The first-order valence-corrected chi connectivity index (χ1v) is 9.14. The smallest absolute Gasteiger partial charge is 0.325 e. The number of hydrogen-bond acceptors (Lipinski definition) is 5. The Morgan fingerprint density at radius 1 is 1.29 bits per heavy atom. The Kier molecular flexibility index (Phi) is 4.66. The van der Waals surface area contributed by atoms with Gasteiger partial charge in [0.25, 0.3) is 5.91 Å². The summed E-state index contributed by atoms with van der Waals surface area (Å²) in [5.74, 6) is -0.815. The minimum absolute atomic E-state index is 0.0499. The Morgan fingerprint density at radius 2 is 1.96 bits per heavy atom. The second-order valence-electron chi connectivity index (χ2n) is 6.11. The molecule has 0 radical (unpaired) electrons. The molecule has 0 spiro atoms. The van der Waals surface area contributed by atoms with Gasteiger partial charge >= 0.3 is 6.03 Å². The molecule has 0 bridgehead atoms. The highest BCUT2D eigenvalue weighted by Crippen LogP contribution is 2.18. The summed E-state index contributed by atoms with van der Waals surface area (Å²) in [4.78, 5) is 36.8. The summed E-state index contributed by atoms with van der Waals surface area (Å²) in [6.07, 6.45) is 0.992. The lowest BCUT2D eigenvalue weighted by molar-refractivity contribution is -0.130. The van der Waals surface area contributed by atoms with Crippen LogP contribution in [0.3, 0.4) is 0 Å². The summed E-state index contributed by atoms with van der Waals surface area (Å²) >= 11 is 0. The van der Waals surface area contributed by atoms with Gasteiger partial charge in [-0.1, -0.05) is 6.07 Å². The lowest BCUT2D eigenvalue weighted by Crippen LogP contribution is -2.40. The van der Waals surface area contributed by atoms with Gasteiger partial charge in [0.2, 0.25) is 5.91 Å². The quantitative estimate of drug-likeness (QED) is 0.759. The minimum Gasteiger partial charge on any atom is -0.326 e. The largest absolute Gasteiger partial charge is 0.326 e. The monoisotopic (exact) mass is 353 g/mol. The molecule has 0 aromatic heterocycles. The van der Waals surface area contributed by atoms with E-state index in [-0.39, 0.29) is 23.8 Å². The van der Waals surface area contributed by atoms with E-state index in [9.17, 15) is 22.8 Å². The summed E-state index contributed by atoms with van der Waals surface area (Å²) in [5, 5.41) is 5.09. The molecule has 1 aromatic rings. The lowest BCUT2D eigenvalue weighted by atomic mass is 10.1. The van der Waals surface area contributed by atoms with Crippen molar-refractivity contribution in [2.75, 3.05) is 18.1 Å². The molecule has 1 heterocycles. The van der Waals surface area contributed by atoms with Gasteiger partial charge in [0, 0.05) is 24.9 Å². The lowest BCUT2D eigenvalue weighted by Gasteiger charge is -2.15. The number of carbonyl (C=O) groups excluding carboxylic acids is 3. The molecule has 8 nitrogen and oxygen atoms in total. The van der Waals surface area contributed by atoms with Crippen molar-refractivity contribution in [1.82, 2.24) is 10.2 Å². The number of urea groups is 1. The molecule has 1 aromatic carbocycles. The molecular formula is C15H19N3O5S. The van der Waals surface area contributed by atoms with E-state index in [4.69, 9.17) is 0 Å². The average Bonchev–Trinajstić information content (AvgIpc) is 2.65. The van der Waals surface area contributed by atoms with E-state index in [0.29, 0.717) is 5.69 Å². The fourth-order valence-corrected chi connectivity index (χ4v) is 2.93. The van der Waals surface area contributed by atoms with Gasteiger partial charge in [0.05, 0.1) is 4.90 Å². The zero-order valence-electron chi connectivity index (χ0n) is 13.6. The summed E-state index contributed by atoms with van der Waals surface area (Å²) in [6.45, 7) is 3.12. The summed E-state index contributed by atoms with van der Waals surface area (Å²) in [7, 11) is -3.37. The summed E-state index contributed by atoms with van der Waals surface area (Å²) < 4.78 is 23.0. The molecular weight excluding hydrogens is 334 g/mol. The van der Waals surface area contributed by atoms with Crippen molar-refractivity contribution in [3.63, 3.8) is 0 Å². The fraction of sp³-hybridized carbons (Fsp3) is 0.400. The maximum atomic E-state index is 12.0. The molecule has 2 rings (SSSR count). The van der Waals surface area contributed by atoms with Crippen LogP contribution in [0.2, 0.25) is 0 Å². The minimum atomic E-state index is -3.37. The van der Waals surface area contributed by atoms with E-state index < -0.39 is 27.3 Å². The standard InChI is InChI=1S/C15H19N3O5S/c1-15(2)13(20)18(14(21)17-15)8-7-12(19)16-10-5-4-6-11(9-10)24(3,22)23/h4-6,9H,7-8H2,1-3H3,(H,16,19)(H,17,21). The van der Waals surface area contributed by atoms with Crippen LogP contribution in [0.15, 0.2) is 29.2 Å². The van der Waals surface area contributed by atoms with E-state index in [0.717, 1.165) is 11.2 Å². The molecule has 0 aliphatic carbocycles. The Labute approximate surface area is 140 Å². The van der Waals surface area contributed by atoms with Crippen LogP contribution in [0, 0.1) is 0 Å². The number of anilines is 1. The Balaban J connectivity index is 1.98. The second kappa shape index (κ2) is 6.23. The van der Waals surface area contributed by atoms with Crippen molar-refractivity contribution in [2.24, 2.45) is 0 Å². The van der Waals surface area contributed by atoms with Gasteiger partial charge in [-0.05, 0) is 32.0 Å². The molecule has 0 saturated carbocycles. The number of rotatable bonds is 5. The number of carbonyl (C=O) groups is 3. The molecule has 1 saturated heterocycles. The van der Waals surface area contributed by atoms with E-state index in [1.54, 1.807) is 19.9 Å². The van der Waals surface area contributed by atoms with Crippen molar-refractivity contribution in [3.05, 3.63) is 24.3 Å². The number of benzene rings is 1. The van der Waals surface area contributed by atoms with Crippen LogP contribution in [0.4, 0.5) is 10.5 Å². The van der Waals surface area contributed by atoms with Crippen molar-refractivity contribution >= 4 is 33.4 Å². The van der Waals surface area contributed by atoms with Crippen molar-refractivity contribution in [2.45, 2.75) is 30.7 Å². The van der Waals surface area contributed by atoms with Gasteiger partial charge in [-0.15, -0.1) is 0 Å². The highest BCUT2D eigenvalue weighted by molar-refractivity contribution is 7.90. The van der Waals surface area contributed by atoms with Gasteiger partial charge in [0.1, 0.15) is 5.54 Å². The molecule has 1 fully saturated rings. The van der Waals surface area contributed by atoms with Crippen LogP contribution in [-0.4, -0.2) is 49.5 Å². The van der Waals surface area contributed by atoms with Gasteiger partial charge in [-0.2, -0.15) is 0 Å². The molecule has 130 valence electrons. The molecule has 0 atom stereocenters. The van der Waals surface area contributed by atoms with Crippen LogP contribution in [0.5, 0.6) is 0 Å². The number of sulfone groups is 1. The maximum Gasteiger partial charge on any atom is 0.325 e. The first kappa shape index (κ1) is 17.9. The third-order valence-electron chi connectivity index (χ3n) is 3.55. The third-order valence-corrected chi connectivity index (χ3v) is 4.66. The molecule has 0 unspecified atom stereocenters. The number of hydrogen-bond donors (Lipinski definition) is 2. The van der Waals surface area contributed by atoms with Crippen molar-refractivity contribution in [1.29, 1.82) is 0 Å². The summed E-state index contributed by atoms with van der Waals surface area (Å²) in [5.41, 5.74) is -0.641. The van der Waals surface area contributed by atoms with Crippen molar-refractivity contribution in [3.8, 4) is 0 Å². The fourth-order valence-electron chi connectivity index (χ4n) is 2.26. The van der Waals surface area contributed by atoms with Crippen LogP contribution >= 0.6 is 0 Å². The number of amides is 4. The van der Waals surface area contributed by atoms with Gasteiger partial charge in [-0.3, -0.25) is 14.5 Å². The molecule has 1 aliphatic rings. The van der Waals surface area contributed by atoms with Crippen LogP contribution in [0.25, 0.3) is 0 Å². The van der Waals surface area contributed by atoms with Crippen LogP contribution < -0.4 is 10.6 Å².